The Hall–Kier alpha value is -3.00. The number of hydrogen-bond donors (Lipinski definition) is 0. The van der Waals surface area contributed by atoms with Gasteiger partial charge in [-0.1, -0.05) is 19.1 Å². The Morgan fingerprint density at radius 3 is 2.38 bits per heavy atom. The van der Waals surface area contributed by atoms with Gasteiger partial charge in [-0.3, -0.25) is 0 Å². The smallest absolute Gasteiger partial charge is 0.225 e. The molecule has 5 rings (SSSR count). The molecule has 1 aromatic heterocycles. The fourth-order valence-corrected chi connectivity index (χ4v) is 5.59. The average molecular weight is 482 g/mol. The van der Waals surface area contributed by atoms with Gasteiger partial charge in [0.05, 0.1) is 0 Å². The minimum atomic E-state index is -3.59. The predicted molar refractivity (Wildman–Crippen MR) is 129 cm³/mol. The normalized spacial score (nSPS) is 18.6. The van der Waals surface area contributed by atoms with E-state index < -0.39 is 15.7 Å². The summed E-state index contributed by atoms with van der Waals surface area (Å²) in [4.78, 5) is 11.0. The zero-order valence-corrected chi connectivity index (χ0v) is 20.2. The monoisotopic (exact) mass is 481 g/mol. The second-order valence-electron chi connectivity index (χ2n) is 9.17. The number of sulfone groups is 1. The summed E-state index contributed by atoms with van der Waals surface area (Å²) in [6.45, 7) is 3.91. The molecule has 6 nitrogen and oxygen atoms in total. The van der Waals surface area contributed by atoms with Crippen LogP contribution in [0.5, 0.6) is 5.75 Å². The fraction of sp³-hybridized carbons (Fsp3) is 0.385. The summed E-state index contributed by atoms with van der Waals surface area (Å²) in [5.74, 6) is 1.40. The number of halogens is 1. The molecule has 34 heavy (non-hydrogen) atoms. The molecule has 178 valence electrons. The zero-order chi connectivity index (χ0) is 23.9. The van der Waals surface area contributed by atoms with Crippen molar-refractivity contribution in [2.45, 2.75) is 43.6 Å². The maximum absolute atomic E-state index is 14.4. The van der Waals surface area contributed by atoms with Crippen molar-refractivity contribution < 1.29 is 17.5 Å². The largest absolute Gasteiger partial charge is 0.490 e. The Morgan fingerprint density at radius 1 is 1.06 bits per heavy atom. The third-order valence-corrected chi connectivity index (χ3v) is 8.00. The van der Waals surface area contributed by atoms with Gasteiger partial charge in [-0.05, 0) is 71.7 Å². The molecule has 1 fully saturated rings. The van der Waals surface area contributed by atoms with E-state index in [9.17, 15) is 12.8 Å². The summed E-state index contributed by atoms with van der Waals surface area (Å²) < 4.78 is 44.1. The van der Waals surface area contributed by atoms with Gasteiger partial charge in [-0.15, -0.1) is 0 Å². The number of aryl methyl sites for hydroxylation is 1. The number of nitrogens with zero attached hydrogens (tertiary/aromatic N) is 3. The SMILES string of the molecule is CCc1cnc(N2CCC(C3Cc4cc(-c5ccc(S(C)(=O)=O)c(F)c5)ccc4O3)CC2)nc1. The van der Waals surface area contributed by atoms with Gasteiger partial charge in [-0.2, -0.15) is 0 Å². The Kier molecular flexibility index (Phi) is 6.02. The molecule has 0 spiro atoms. The number of piperidine rings is 1. The molecule has 1 unspecified atom stereocenters. The lowest BCUT2D eigenvalue weighted by molar-refractivity contribution is 0.138. The van der Waals surface area contributed by atoms with Crippen LogP contribution in [-0.2, 0) is 22.7 Å². The molecule has 0 amide bonds. The molecule has 0 saturated carbocycles. The molecule has 0 radical (unpaired) electrons. The van der Waals surface area contributed by atoms with Crippen LogP contribution >= 0.6 is 0 Å². The van der Waals surface area contributed by atoms with E-state index in [0.717, 1.165) is 73.4 Å². The highest BCUT2D eigenvalue weighted by atomic mass is 32.2. The van der Waals surface area contributed by atoms with Crippen molar-refractivity contribution in [3.63, 3.8) is 0 Å². The van der Waals surface area contributed by atoms with Crippen LogP contribution in [0.2, 0.25) is 0 Å². The number of fused-ring (bicyclic) bond motifs is 1. The van der Waals surface area contributed by atoms with Gasteiger partial charge >= 0.3 is 0 Å². The van der Waals surface area contributed by atoms with Gasteiger partial charge in [0.15, 0.2) is 9.84 Å². The van der Waals surface area contributed by atoms with E-state index in [-0.39, 0.29) is 11.0 Å². The molecule has 3 aromatic rings. The van der Waals surface area contributed by atoms with Gasteiger partial charge < -0.3 is 9.64 Å². The van der Waals surface area contributed by atoms with Crippen LogP contribution in [0, 0.1) is 11.7 Å². The van der Waals surface area contributed by atoms with Crippen LogP contribution in [0.25, 0.3) is 11.1 Å². The zero-order valence-electron chi connectivity index (χ0n) is 19.4. The molecule has 0 bridgehead atoms. The second kappa shape index (κ2) is 8.98. The fourth-order valence-electron chi connectivity index (χ4n) is 4.86. The van der Waals surface area contributed by atoms with Crippen molar-refractivity contribution in [3.05, 3.63) is 65.7 Å². The molecule has 2 aromatic carbocycles. The molecule has 3 heterocycles. The molecule has 1 atom stereocenters. The van der Waals surface area contributed by atoms with Crippen LogP contribution in [0.3, 0.4) is 0 Å². The molecule has 2 aliphatic rings. The number of benzene rings is 2. The Morgan fingerprint density at radius 2 is 1.74 bits per heavy atom. The third kappa shape index (κ3) is 4.51. The van der Waals surface area contributed by atoms with Crippen molar-refractivity contribution in [1.82, 2.24) is 9.97 Å². The summed E-state index contributed by atoms with van der Waals surface area (Å²) >= 11 is 0. The van der Waals surface area contributed by atoms with Crippen molar-refractivity contribution in [2.24, 2.45) is 5.92 Å². The highest BCUT2D eigenvalue weighted by Gasteiger charge is 2.33. The van der Waals surface area contributed by atoms with Gasteiger partial charge in [0, 0.05) is 38.2 Å². The van der Waals surface area contributed by atoms with Crippen LogP contribution in [0.1, 0.15) is 30.9 Å². The highest BCUT2D eigenvalue weighted by molar-refractivity contribution is 7.90. The average Bonchev–Trinajstić information content (AvgIpc) is 3.27. The lowest BCUT2D eigenvalue weighted by Gasteiger charge is -2.34. The number of anilines is 1. The maximum atomic E-state index is 14.4. The summed E-state index contributed by atoms with van der Waals surface area (Å²) in [5.41, 5.74) is 3.75. The molecule has 0 aliphatic carbocycles. The lowest BCUT2D eigenvalue weighted by Crippen LogP contribution is -2.40. The lowest BCUT2D eigenvalue weighted by atomic mass is 9.88. The Bertz CT molecular complexity index is 1300. The number of rotatable bonds is 5. The second-order valence-corrected chi connectivity index (χ2v) is 11.2. The van der Waals surface area contributed by atoms with E-state index in [0.29, 0.717) is 11.5 Å². The van der Waals surface area contributed by atoms with Gasteiger partial charge in [0.1, 0.15) is 22.6 Å². The van der Waals surface area contributed by atoms with Crippen LogP contribution in [-0.4, -0.2) is 43.8 Å². The van der Waals surface area contributed by atoms with Gasteiger partial charge in [0.2, 0.25) is 5.95 Å². The van der Waals surface area contributed by atoms with E-state index in [1.807, 2.05) is 30.6 Å². The number of hydrogen-bond acceptors (Lipinski definition) is 6. The van der Waals surface area contributed by atoms with Gasteiger partial charge in [0.25, 0.3) is 0 Å². The summed E-state index contributed by atoms with van der Waals surface area (Å²) in [7, 11) is -3.59. The molecule has 2 aliphatic heterocycles. The number of ether oxygens (including phenoxy) is 1. The first-order chi connectivity index (χ1) is 16.3. The standard InChI is InChI=1S/C26H28FN3O3S/c1-3-17-15-28-26(29-16-17)30-10-8-18(9-11-30)24-14-21-12-19(4-6-23(21)33-24)20-5-7-25(22(27)13-20)34(2,31)32/h4-7,12-13,15-16,18,24H,3,8-11,14H2,1-2H3. The summed E-state index contributed by atoms with van der Waals surface area (Å²) in [6.07, 6.45) is 8.74. The van der Waals surface area contributed by atoms with Crippen molar-refractivity contribution in [3.8, 4) is 16.9 Å². The van der Waals surface area contributed by atoms with E-state index in [1.165, 1.54) is 12.1 Å². The van der Waals surface area contributed by atoms with Crippen LogP contribution < -0.4 is 9.64 Å². The van der Waals surface area contributed by atoms with E-state index in [4.69, 9.17) is 4.74 Å². The minimum Gasteiger partial charge on any atom is -0.490 e. The third-order valence-electron chi connectivity index (χ3n) is 6.87. The van der Waals surface area contributed by atoms with Crippen LogP contribution in [0.15, 0.2) is 53.7 Å². The maximum Gasteiger partial charge on any atom is 0.225 e. The quantitative estimate of drug-likeness (QED) is 0.536. The molecular formula is C26H28FN3O3S. The minimum absolute atomic E-state index is 0.125. The van der Waals surface area contributed by atoms with E-state index in [1.54, 1.807) is 6.07 Å². The summed E-state index contributed by atoms with van der Waals surface area (Å²) in [6, 6.07) is 10.1. The molecule has 8 heteroatoms. The van der Waals surface area contributed by atoms with Crippen molar-refractivity contribution >= 4 is 15.8 Å². The topological polar surface area (TPSA) is 72.4 Å². The number of aromatic nitrogens is 2. The first-order valence-electron chi connectivity index (χ1n) is 11.7. The van der Waals surface area contributed by atoms with Crippen molar-refractivity contribution in [2.75, 3.05) is 24.2 Å². The van der Waals surface area contributed by atoms with Crippen LogP contribution in [0.4, 0.5) is 10.3 Å². The highest BCUT2D eigenvalue weighted by Crippen LogP contribution is 2.38. The van der Waals surface area contributed by atoms with E-state index >= 15 is 0 Å². The molecule has 1 saturated heterocycles. The summed E-state index contributed by atoms with van der Waals surface area (Å²) in [5, 5.41) is 0. The molecule has 0 N–H and O–H groups in total. The Labute approximate surface area is 199 Å². The van der Waals surface area contributed by atoms with E-state index in [2.05, 4.69) is 21.8 Å². The first-order valence-corrected chi connectivity index (χ1v) is 13.6. The van der Waals surface area contributed by atoms with Crippen molar-refractivity contribution in [1.29, 1.82) is 0 Å². The first kappa shape index (κ1) is 22.8. The molecular weight excluding hydrogens is 453 g/mol. The Balaban J connectivity index is 1.25. The van der Waals surface area contributed by atoms with Gasteiger partial charge in [-0.25, -0.2) is 22.8 Å². The predicted octanol–water partition coefficient (Wildman–Crippen LogP) is 4.47.